The van der Waals surface area contributed by atoms with Crippen molar-refractivity contribution in [2.24, 2.45) is 0 Å². The van der Waals surface area contributed by atoms with Crippen molar-refractivity contribution in [2.75, 3.05) is 4.90 Å². The van der Waals surface area contributed by atoms with Crippen molar-refractivity contribution in [1.29, 1.82) is 0 Å². The van der Waals surface area contributed by atoms with Gasteiger partial charge in [-0.15, -0.1) is 0 Å². The summed E-state index contributed by atoms with van der Waals surface area (Å²) in [4.78, 5) is 7.01. The molecule has 212 valence electrons. The second-order valence-electron chi connectivity index (χ2n) is 10.8. The van der Waals surface area contributed by atoms with Gasteiger partial charge in [-0.25, -0.2) is 0 Å². The van der Waals surface area contributed by atoms with Gasteiger partial charge in [0.15, 0.2) is 0 Å². The molecule has 1 aromatic heterocycles. The van der Waals surface area contributed by atoms with Gasteiger partial charge in [-0.3, -0.25) is 0 Å². The van der Waals surface area contributed by atoms with Crippen molar-refractivity contribution in [2.45, 2.75) is 12.3 Å². The highest BCUT2D eigenvalue weighted by Crippen LogP contribution is 2.57. The van der Waals surface area contributed by atoms with Crippen LogP contribution in [0.3, 0.4) is 0 Å². The van der Waals surface area contributed by atoms with Crippen LogP contribution in [-0.2, 0) is 5.41 Å². The quantitative estimate of drug-likeness (QED) is 0.179. The van der Waals surface area contributed by atoms with Crippen molar-refractivity contribution in [1.82, 2.24) is 10.1 Å². The van der Waals surface area contributed by atoms with E-state index >= 15 is 0 Å². The van der Waals surface area contributed by atoms with E-state index in [-0.39, 0.29) is 0 Å². The van der Waals surface area contributed by atoms with Gasteiger partial charge in [0, 0.05) is 16.8 Å². The highest BCUT2D eigenvalue weighted by atomic mass is 16.5. The SMILES string of the molecule is C=C/C=C\C=C(/C)C1(c2ccccc2)c2ccccc2N(c2ccc(-c3noc(-c4ccccc4)n3)cc2)c2ccccc21. The monoisotopic (exact) mass is 569 g/mol. The van der Waals surface area contributed by atoms with Gasteiger partial charge >= 0.3 is 0 Å². The first-order valence-corrected chi connectivity index (χ1v) is 14.7. The molecule has 5 aromatic carbocycles. The first-order valence-electron chi connectivity index (χ1n) is 14.7. The highest BCUT2D eigenvalue weighted by molar-refractivity contribution is 5.89. The number of aromatic nitrogens is 2. The van der Waals surface area contributed by atoms with Crippen LogP contribution in [0, 0.1) is 0 Å². The van der Waals surface area contributed by atoms with Crippen molar-refractivity contribution in [3.8, 4) is 22.8 Å². The van der Waals surface area contributed by atoms with Crippen LogP contribution in [-0.4, -0.2) is 10.1 Å². The molecule has 0 unspecified atom stereocenters. The number of rotatable bonds is 7. The molecule has 0 saturated heterocycles. The van der Waals surface area contributed by atoms with Crippen molar-refractivity contribution >= 4 is 17.1 Å². The minimum atomic E-state index is -0.491. The second kappa shape index (κ2) is 11.5. The third-order valence-corrected chi connectivity index (χ3v) is 8.32. The van der Waals surface area contributed by atoms with Gasteiger partial charge in [0.2, 0.25) is 5.82 Å². The Morgan fingerprint density at radius 1 is 0.682 bits per heavy atom. The average molecular weight is 570 g/mol. The Morgan fingerprint density at radius 2 is 1.27 bits per heavy atom. The Labute approximate surface area is 258 Å². The summed E-state index contributed by atoms with van der Waals surface area (Å²) in [5.41, 5.74) is 9.51. The highest BCUT2D eigenvalue weighted by Gasteiger charge is 2.45. The Morgan fingerprint density at radius 3 is 1.91 bits per heavy atom. The zero-order valence-electron chi connectivity index (χ0n) is 24.5. The van der Waals surface area contributed by atoms with Gasteiger partial charge in [0.05, 0.1) is 16.8 Å². The smallest absolute Gasteiger partial charge is 0.258 e. The summed E-state index contributed by atoms with van der Waals surface area (Å²) in [6, 6.07) is 46.5. The van der Waals surface area contributed by atoms with Gasteiger partial charge in [-0.05, 0) is 72.1 Å². The van der Waals surface area contributed by atoms with Gasteiger partial charge in [0.1, 0.15) is 0 Å². The van der Waals surface area contributed by atoms with Crippen LogP contribution in [0.5, 0.6) is 0 Å². The van der Waals surface area contributed by atoms with E-state index in [2.05, 4.69) is 144 Å². The van der Waals surface area contributed by atoms with Crippen molar-refractivity contribution in [3.63, 3.8) is 0 Å². The molecule has 1 aliphatic heterocycles. The molecule has 0 fully saturated rings. The number of para-hydroxylation sites is 2. The largest absolute Gasteiger partial charge is 0.334 e. The normalized spacial score (nSPS) is 13.8. The fraction of sp³-hybridized carbons (Fsp3) is 0.0500. The van der Waals surface area contributed by atoms with E-state index in [1.807, 2.05) is 42.5 Å². The molecule has 0 aliphatic carbocycles. The third-order valence-electron chi connectivity index (χ3n) is 8.32. The maximum absolute atomic E-state index is 5.58. The summed E-state index contributed by atoms with van der Waals surface area (Å²) in [7, 11) is 0. The van der Waals surface area contributed by atoms with Crippen molar-refractivity contribution < 1.29 is 4.52 Å². The van der Waals surface area contributed by atoms with Crippen LogP contribution in [0.4, 0.5) is 17.1 Å². The second-order valence-corrected chi connectivity index (χ2v) is 10.8. The molecule has 0 spiro atoms. The molecule has 0 amide bonds. The molecule has 2 heterocycles. The van der Waals surface area contributed by atoms with E-state index in [0.29, 0.717) is 11.7 Å². The standard InChI is InChI=1S/C40H31N3O/c1-3-4-7-16-29(2)40(32-19-10-6-11-20-32)34-21-12-14-23-36(34)43(37-24-15-13-22-35(37)40)33-27-25-30(26-28-33)38-41-39(44-42-38)31-17-8-5-9-18-31/h3-28H,1H2,2H3/b7-4-,29-16+. The molecule has 7 rings (SSSR count). The topological polar surface area (TPSA) is 42.2 Å². The summed E-state index contributed by atoms with van der Waals surface area (Å²) in [6.45, 7) is 6.09. The number of allylic oxidation sites excluding steroid dienone is 5. The lowest BCUT2D eigenvalue weighted by Crippen LogP contribution is -2.37. The average Bonchev–Trinajstić information content (AvgIpc) is 3.59. The number of benzene rings is 5. The lowest BCUT2D eigenvalue weighted by Gasteiger charge is -2.46. The van der Waals surface area contributed by atoms with E-state index in [1.54, 1.807) is 0 Å². The molecule has 44 heavy (non-hydrogen) atoms. The van der Waals surface area contributed by atoms with Crippen LogP contribution in [0.15, 0.2) is 174 Å². The molecular formula is C40H31N3O. The van der Waals surface area contributed by atoms with E-state index in [1.165, 1.54) is 22.3 Å². The summed E-state index contributed by atoms with van der Waals surface area (Å²) >= 11 is 0. The number of fused-ring (bicyclic) bond motifs is 2. The molecular weight excluding hydrogens is 538 g/mol. The van der Waals surface area contributed by atoms with Gasteiger partial charge in [-0.1, -0.05) is 127 Å². The van der Waals surface area contributed by atoms with Crippen LogP contribution in [0.1, 0.15) is 23.6 Å². The van der Waals surface area contributed by atoms with E-state index < -0.39 is 5.41 Å². The Balaban J connectivity index is 1.38. The van der Waals surface area contributed by atoms with Gasteiger partial charge in [0.25, 0.3) is 5.89 Å². The summed E-state index contributed by atoms with van der Waals surface area (Å²) in [6.07, 6.45) is 8.07. The van der Waals surface area contributed by atoms with Gasteiger partial charge < -0.3 is 9.42 Å². The molecule has 1 aliphatic rings. The third kappa shape index (κ3) is 4.48. The predicted molar refractivity (Wildman–Crippen MR) is 179 cm³/mol. The molecule has 0 radical (unpaired) electrons. The minimum Gasteiger partial charge on any atom is -0.334 e. The Hall–Kier alpha value is -5.74. The number of hydrogen-bond donors (Lipinski definition) is 0. The predicted octanol–water partition coefficient (Wildman–Crippen LogP) is 10.2. The fourth-order valence-electron chi connectivity index (χ4n) is 6.38. The Bertz CT molecular complexity index is 1940. The zero-order chi connectivity index (χ0) is 29.9. The summed E-state index contributed by atoms with van der Waals surface area (Å²) < 4.78 is 5.58. The minimum absolute atomic E-state index is 0.491. The van der Waals surface area contributed by atoms with E-state index in [4.69, 9.17) is 4.52 Å². The molecule has 4 nitrogen and oxygen atoms in total. The summed E-state index contributed by atoms with van der Waals surface area (Å²) in [5.74, 6) is 1.07. The molecule has 0 bridgehead atoms. The molecule has 0 saturated carbocycles. The van der Waals surface area contributed by atoms with E-state index in [9.17, 15) is 0 Å². The van der Waals surface area contributed by atoms with Crippen LogP contribution < -0.4 is 4.90 Å². The molecule has 0 N–H and O–H groups in total. The van der Waals surface area contributed by atoms with E-state index in [0.717, 1.165) is 28.2 Å². The van der Waals surface area contributed by atoms with Crippen LogP contribution >= 0.6 is 0 Å². The lowest BCUT2D eigenvalue weighted by molar-refractivity contribution is 0.432. The maximum Gasteiger partial charge on any atom is 0.258 e. The molecule has 6 aromatic rings. The molecule has 0 atom stereocenters. The van der Waals surface area contributed by atoms with Gasteiger partial charge in [-0.2, -0.15) is 4.98 Å². The van der Waals surface area contributed by atoms with Crippen LogP contribution in [0.2, 0.25) is 0 Å². The number of anilines is 3. The fourth-order valence-corrected chi connectivity index (χ4v) is 6.38. The number of hydrogen-bond acceptors (Lipinski definition) is 4. The molecule has 4 heteroatoms. The van der Waals surface area contributed by atoms with Crippen molar-refractivity contribution in [3.05, 3.63) is 187 Å². The lowest BCUT2D eigenvalue weighted by atomic mass is 9.62. The maximum atomic E-state index is 5.58. The first-order chi connectivity index (χ1) is 21.7. The van der Waals surface area contributed by atoms with Crippen LogP contribution in [0.25, 0.3) is 22.8 Å². The summed E-state index contributed by atoms with van der Waals surface area (Å²) in [5, 5.41) is 4.26. The Kier molecular flexibility index (Phi) is 7.09. The number of nitrogens with zero attached hydrogens (tertiary/aromatic N) is 3. The first kappa shape index (κ1) is 27.1. The zero-order valence-corrected chi connectivity index (χ0v) is 24.5.